The minimum absolute atomic E-state index is 0.325. The quantitative estimate of drug-likeness (QED) is 0.451. The maximum Gasteiger partial charge on any atom is 0.191 e. The van der Waals surface area contributed by atoms with Gasteiger partial charge >= 0.3 is 0 Å². The molecule has 0 heterocycles. The summed E-state index contributed by atoms with van der Waals surface area (Å²) in [5.74, 6) is 0. The standard InChI is InChI=1S/C8H14O3/c1-4-8(10,5-2)7(9)11-6-3/h4-5,7,9-10H,1-2,6H2,3H3. The van der Waals surface area contributed by atoms with Gasteiger partial charge in [0.15, 0.2) is 11.9 Å². The second-order valence-corrected chi connectivity index (χ2v) is 2.10. The Morgan fingerprint density at radius 3 is 2.27 bits per heavy atom. The number of aliphatic hydroxyl groups excluding tert-OH is 1. The molecule has 0 aliphatic rings. The van der Waals surface area contributed by atoms with Gasteiger partial charge in [0.1, 0.15) is 0 Å². The Balaban J connectivity index is 4.23. The van der Waals surface area contributed by atoms with Crippen molar-refractivity contribution in [3.8, 4) is 0 Å². The van der Waals surface area contributed by atoms with Crippen LogP contribution in [0.5, 0.6) is 0 Å². The van der Waals surface area contributed by atoms with Crippen molar-refractivity contribution in [1.82, 2.24) is 0 Å². The average Bonchev–Trinajstić information content (AvgIpc) is 2.03. The van der Waals surface area contributed by atoms with E-state index >= 15 is 0 Å². The molecule has 0 spiro atoms. The topological polar surface area (TPSA) is 49.7 Å². The predicted octanol–water partition coefficient (Wildman–Crippen LogP) is 0.444. The molecule has 11 heavy (non-hydrogen) atoms. The second-order valence-electron chi connectivity index (χ2n) is 2.10. The van der Waals surface area contributed by atoms with Gasteiger partial charge in [0.25, 0.3) is 0 Å². The Hall–Kier alpha value is -0.640. The molecule has 0 rings (SSSR count). The molecule has 0 aromatic carbocycles. The van der Waals surface area contributed by atoms with Gasteiger partial charge in [-0.3, -0.25) is 0 Å². The van der Waals surface area contributed by atoms with E-state index < -0.39 is 11.9 Å². The molecule has 64 valence electrons. The first kappa shape index (κ1) is 10.4. The molecular weight excluding hydrogens is 144 g/mol. The number of aliphatic hydroxyl groups is 2. The molecule has 0 fully saturated rings. The van der Waals surface area contributed by atoms with Gasteiger partial charge in [-0.1, -0.05) is 25.3 Å². The number of hydrogen-bond acceptors (Lipinski definition) is 3. The van der Waals surface area contributed by atoms with Gasteiger partial charge in [0.05, 0.1) is 0 Å². The zero-order valence-electron chi connectivity index (χ0n) is 6.66. The highest BCUT2D eigenvalue weighted by Crippen LogP contribution is 2.13. The fourth-order valence-electron chi connectivity index (χ4n) is 0.576. The van der Waals surface area contributed by atoms with Gasteiger partial charge in [-0.15, -0.1) is 0 Å². The van der Waals surface area contributed by atoms with Crippen molar-refractivity contribution in [3.63, 3.8) is 0 Å². The molecule has 0 radical (unpaired) electrons. The predicted molar refractivity (Wildman–Crippen MR) is 43.0 cm³/mol. The molecular formula is C8H14O3. The largest absolute Gasteiger partial charge is 0.376 e. The molecule has 3 heteroatoms. The van der Waals surface area contributed by atoms with E-state index in [2.05, 4.69) is 13.2 Å². The van der Waals surface area contributed by atoms with Crippen LogP contribution >= 0.6 is 0 Å². The van der Waals surface area contributed by atoms with Crippen LogP contribution in [0.25, 0.3) is 0 Å². The zero-order chi connectivity index (χ0) is 8.91. The van der Waals surface area contributed by atoms with Gasteiger partial charge in [-0.25, -0.2) is 0 Å². The van der Waals surface area contributed by atoms with E-state index in [1.165, 1.54) is 12.2 Å². The van der Waals surface area contributed by atoms with E-state index in [1.807, 2.05) is 0 Å². The number of rotatable bonds is 5. The minimum Gasteiger partial charge on any atom is -0.376 e. The van der Waals surface area contributed by atoms with Crippen LogP contribution in [0, 0.1) is 0 Å². The first-order valence-corrected chi connectivity index (χ1v) is 3.40. The fourth-order valence-corrected chi connectivity index (χ4v) is 0.576. The highest BCUT2D eigenvalue weighted by atomic mass is 16.6. The van der Waals surface area contributed by atoms with Crippen LogP contribution in [0.15, 0.2) is 25.3 Å². The summed E-state index contributed by atoms with van der Waals surface area (Å²) in [5.41, 5.74) is -1.55. The lowest BCUT2D eigenvalue weighted by Gasteiger charge is -2.25. The molecule has 0 aromatic rings. The van der Waals surface area contributed by atoms with Crippen molar-refractivity contribution in [2.45, 2.75) is 18.8 Å². The summed E-state index contributed by atoms with van der Waals surface area (Å²) in [5, 5.41) is 18.6. The summed E-state index contributed by atoms with van der Waals surface area (Å²) < 4.78 is 4.75. The molecule has 0 aliphatic heterocycles. The summed E-state index contributed by atoms with van der Waals surface area (Å²) in [6, 6.07) is 0. The summed E-state index contributed by atoms with van der Waals surface area (Å²) in [4.78, 5) is 0. The van der Waals surface area contributed by atoms with Crippen molar-refractivity contribution in [3.05, 3.63) is 25.3 Å². The van der Waals surface area contributed by atoms with Gasteiger partial charge < -0.3 is 14.9 Å². The van der Waals surface area contributed by atoms with Crippen molar-refractivity contribution in [2.24, 2.45) is 0 Å². The second kappa shape index (κ2) is 4.28. The van der Waals surface area contributed by atoms with Crippen molar-refractivity contribution in [1.29, 1.82) is 0 Å². The SMILES string of the molecule is C=CC(O)(C=C)C(O)OCC. The maximum absolute atomic E-state index is 9.42. The van der Waals surface area contributed by atoms with Gasteiger partial charge in [0, 0.05) is 6.61 Å². The Morgan fingerprint density at radius 2 is 2.00 bits per heavy atom. The number of ether oxygens (including phenoxy) is 1. The molecule has 0 bridgehead atoms. The smallest absolute Gasteiger partial charge is 0.191 e. The number of hydrogen-bond donors (Lipinski definition) is 2. The normalized spacial score (nSPS) is 14.1. The highest BCUT2D eigenvalue weighted by Gasteiger charge is 2.29. The molecule has 0 amide bonds. The van der Waals surface area contributed by atoms with Crippen LogP contribution in [-0.4, -0.2) is 28.7 Å². The molecule has 0 saturated heterocycles. The fraction of sp³-hybridized carbons (Fsp3) is 0.500. The lowest BCUT2D eigenvalue weighted by atomic mass is 10.0. The Morgan fingerprint density at radius 1 is 1.55 bits per heavy atom. The van der Waals surface area contributed by atoms with Crippen LogP contribution in [0.2, 0.25) is 0 Å². The molecule has 0 aliphatic carbocycles. The summed E-state index contributed by atoms with van der Waals surface area (Å²) in [7, 11) is 0. The van der Waals surface area contributed by atoms with Gasteiger partial charge in [-0.05, 0) is 6.92 Å². The average molecular weight is 158 g/mol. The first-order valence-electron chi connectivity index (χ1n) is 3.40. The lowest BCUT2D eigenvalue weighted by Crippen LogP contribution is -2.40. The summed E-state index contributed by atoms with van der Waals surface area (Å²) >= 11 is 0. The summed E-state index contributed by atoms with van der Waals surface area (Å²) in [6.07, 6.45) is 1.07. The molecule has 3 nitrogen and oxygen atoms in total. The first-order chi connectivity index (χ1) is 5.10. The Bertz CT molecular complexity index is 134. The van der Waals surface area contributed by atoms with Gasteiger partial charge in [0.2, 0.25) is 0 Å². The highest BCUT2D eigenvalue weighted by molar-refractivity contribution is 5.10. The molecule has 1 unspecified atom stereocenters. The van der Waals surface area contributed by atoms with Crippen LogP contribution < -0.4 is 0 Å². The van der Waals surface area contributed by atoms with Crippen molar-refractivity contribution in [2.75, 3.05) is 6.61 Å². The van der Waals surface area contributed by atoms with E-state index in [-0.39, 0.29) is 0 Å². The van der Waals surface area contributed by atoms with E-state index in [1.54, 1.807) is 6.92 Å². The summed E-state index contributed by atoms with van der Waals surface area (Å²) in [6.45, 7) is 8.73. The van der Waals surface area contributed by atoms with Crippen LogP contribution in [0.3, 0.4) is 0 Å². The van der Waals surface area contributed by atoms with Crippen molar-refractivity contribution < 1.29 is 14.9 Å². The van der Waals surface area contributed by atoms with Crippen LogP contribution in [0.1, 0.15) is 6.92 Å². The molecule has 0 aromatic heterocycles. The third-order valence-electron chi connectivity index (χ3n) is 1.37. The zero-order valence-corrected chi connectivity index (χ0v) is 6.66. The van der Waals surface area contributed by atoms with E-state index in [4.69, 9.17) is 9.84 Å². The third kappa shape index (κ3) is 2.46. The third-order valence-corrected chi connectivity index (χ3v) is 1.37. The minimum atomic E-state index is -1.55. The monoisotopic (exact) mass is 158 g/mol. The van der Waals surface area contributed by atoms with Crippen LogP contribution in [0.4, 0.5) is 0 Å². The van der Waals surface area contributed by atoms with Crippen LogP contribution in [-0.2, 0) is 4.74 Å². The maximum atomic E-state index is 9.42. The molecule has 2 N–H and O–H groups in total. The van der Waals surface area contributed by atoms with E-state index in [0.717, 1.165) is 0 Å². The van der Waals surface area contributed by atoms with E-state index in [0.29, 0.717) is 6.61 Å². The molecule has 1 atom stereocenters. The van der Waals surface area contributed by atoms with Crippen molar-refractivity contribution >= 4 is 0 Å². The van der Waals surface area contributed by atoms with E-state index in [9.17, 15) is 5.11 Å². The molecule has 0 saturated carbocycles. The Kier molecular flexibility index (Phi) is 4.03. The lowest BCUT2D eigenvalue weighted by molar-refractivity contribution is -0.172. The van der Waals surface area contributed by atoms with Gasteiger partial charge in [-0.2, -0.15) is 0 Å². The Labute approximate surface area is 66.6 Å².